The molecule has 128 valence electrons. The van der Waals surface area contributed by atoms with E-state index in [4.69, 9.17) is 9.47 Å². The summed E-state index contributed by atoms with van der Waals surface area (Å²) in [6.45, 7) is 9.72. The summed E-state index contributed by atoms with van der Waals surface area (Å²) in [5.41, 5.74) is 0.828. The highest BCUT2D eigenvalue weighted by atomic mass is 127. The van der Waals surface area contributed by atoms with Crippen LogP contribution in [0, 0.1) is 3.57 Å². The van der Waals surface area contributed by atoms with Gasteiger partial charge >= 0.3 is 6.09 Å². The number of halogens is 1. The summed E-state index contributed by atoms with van der Waals surface area (Å²) in [5, 5.41) is 0. The molecule has 5 nitrogen and oxygen atoms in total. The molecular formula is C17H25IN2O3. The monoisotopic (exact) mass is 432 g/mol. The number of methoxy groups -OCH3 is 1. The van der Waals surface area contributed by atoms with Crippen LogP contribution in [0.3, 0.4) is 0 Å². The van der Waals surface area contributed by atoms with Crippen LogP contribution in [-0.4, -0.2) is 54.8 Å². The Labute approximate surface area is 152 Å². The molecule has 0 saturated carbocycles. The number of amides is 1. The summed E-state index contributed by atoms with van der Waals surface area (Å²) in [4.78, 5) is 16.2. The van der Waals surface area contributed by atoms with E-state index in [1.54, 1.807) is 12.0 Å². The highest BCUT2D eigenvalue weighted by molar-refractivity contribution is 14.1. The van der Waals surface area contributed by atoms with E-state index in [1.165, 1.54) is 5.56 Å². The van der Waals surface area contributed by atoms with Gasteiger partial charge in [-0.3, -0.25) is 4.90 Å². The summed E-state index contributed by atoms with van der Waals surface area (Å²) in [5.74, 6) is 0.907. The van der Waals surface area contributed by atoms with Crippen molar-refractivity contribution in [2.45, 2.75) is 32.9 Å². The van der Waals surface area contributed by atoms with E-state index in [2.05, 4.69) is 39.6 Å². The molecule has 1 aromatic carbocycles. The number of ether oxygens (including phenoxy) is 2. The summed E-state index contributed by atoms with van der Waals surface area (Å²) in [7, 11) is 1.69. The lowest BCUT2D eigenvalue weighted by atomic mass is 10.2. The molecule has 1 saturated heterocycles. The first-order chi connectivity index (χ1) is 10.8. The van der Waals surface area contributed by atoms with Crippen molar-refractivity contribution in [2.75, 3.05) is 33.3 Å². The summed E-state index contributed by atoms with van der Waals surface area (Å²) in [6, 6.07) is 6.26. The van der Waals surface area contributed by atoms with Crippen molar-refractivity contribution in [3.05, 3.63) is 27.3 Å². The zero-order valence-corrected chi connectivity index (χ0v) is 16.4. The maximum Gasteiger partial charge on any atom is 0.410 e. The Kier molecular flexibility index (Phi) is 6.13. The average Bonchev–Trinajstić information content (AvgIpc) is 2.46. The van der Waals surface area contributed by atoms with E-state index in [9.17, 15) is 4.79 Å². The molecule has 0 unspecified atom stereocenters. The fraction of sp³-hybridized carbons (Fsp3) is 0.588. The van der Waals surface area contributed by atoms with Gasteiger partial charge in [0.1, 0.15) is 11.4 Å². The van der Waals surface area contributed by atoms with Crippen LogP contribution >= 0.6 is 22.6 Å². The van der Waals surface area contributed by atoms with E-state index < -0.39 is 5.60 Å². The normalized spacial score (nSPS) is 16.3. The number of hydrogen-bond donors (Lipinski definition) is 0. The standard InChI is InChI=1S/C17H25IN2O3/c1-17(2,3)23-16(21)20-9-7-19(8-10-20)12-13-5-6-15(22-4)14(18)11-13/h5-6,11H,7-10,12H2,1-4H3. The van der Waals surface area contributed by atoms with Crippen molar-refractivity contribution in [3.63, 3.8) is 0 Å². The Bertz CT molecular complexity index is 549. The Morgan fingerprint density at radius 3 is 2.39 bits per heavy atom. The fourth-order valence-corrected chi connectivity index (χ4v) is 3.28. The van der Waals surface area contributed by atoms with Gasteiger partial charge in [0.15, 0.2) is 0 Å². The van der Waals surface area contributed by atoms with Gasteiger partial charge < -0.3 is 14.4 Å². The van der Waals surface area contributed by atoms with Crippen LogP contribution in [0.25, 0.3) is 0 Å². The number of rotatable bonds is 3. The van der Waals surface area contributed by atoms with Crippen molar-refractivity contribution in [1.29, 1.82) is 0 Å². The van der Waals surface area contributed by atoms with Crippen molar-refractivity contribution < 1.29 is 14.3 Å². The molecule has 0 spiro atoms. The van der Waals surface area contributed by atoms with Gasteiger partial charge in [0.05, 0.1) is 10.7 Å². The maximum atomic E-state index is 12.1. The largest absolute Gasteiger partial charge is 0.496 e. The van der Waals surface area contributed by atoms with Gasteiger partial charge in [0, 0.05) is 32.7 Å². The Hall–Kier alpha value is -1.02. The molecule has 0 aliphatic carbocycles. The molecule has 1 fully saturated rings. The highest BCUT2D eigenvalue weighted by Gasteiger charge is 2.25. The lowest BCUT2D eigenvalue weighted by Crippen LogP contribution is -2.49. The van der Waals surface area contributed by atoms with Gasteiger partial charge in [-0.2, -0.15) is 0 Å². The van der Waals surface area contributed by atoms with Gasteiger partial charge in [-0.15, -0.1) is 0 Å². The van der Waals surface area contributed by atoms with Gasteiger partial charge in [0.25, 0.3) is 0 Å². The van der Waals surface area contributed by atoms with E-state index in [-0.39, 0.29) is 6.09 Å². The number of carbonyl (C=O) groups excluding carboxylic acids is 1. The first kappa shape index (κ1) is 18.3. The Morgan fingerprint density at radius 1 is 1.22 bits per heavy atom. The van der Waals surface area contributed by atoms with Crippen LogP contribution in [-0.2, 0) is 11.3 Å². The topological polar surface area (TPSA) is 42.0 Å². The minimum Gasteiger partial charge on any atom is -0.496 e. The molecule has 0 atom stereocenters. The summed E-state index contributed by atoms with van der Waals surface area (Å²) < 4.78 is 11.8. The van der Waals surface area contributed by atoms with Crippen LogP contribution in [0.2, 0.25) is 0 Å². The van der Waals surface area contributed by atoms with Gasteiger partial charge in [-0.05, 0) is 61.1 Å². The Balaban J connectivity index is 1.85. The highest BCUT2D eigenvalue weighted by Crippen LogP contribution is 2.22. The van der Waals surface area contributed by atoms with Crippen LogP contribution in [0.1, 0.15) is 26.3 Å². The van der Waals surface area contributed by atoms with Crippen LogP contribution in [0.5, 0.6) is 5.75 Å². The average molecular weight is 432 g/mol. The second-order valence-electron chi connectivity index (χ2n) is 6.71. The molecule has 1 aliphatic heterocycles. The molecule has 1 amide bonds. The molecule has 0 N–H and O–H groups in total. The predicted molar refractivity (Wildman–Crippen MR) is 98.8 cm³/mol. The van der Waals surface area contributed by atoms with Crippen molar-refractivity contribution in [1.82, 2.24) is 9.80 Å². The molecule has 1 aliphatic rings. The van der Waals surface area contributed by atoms with E-state index in [0.717, 1.165) is 29.0 Å². The molecule has 1 aromatic rings. The summed E-state index contributed by atoms with van der Waals surface area (Å²) >= 11 is 2.29. The third-order valence-corrected chi connectivity index (χ3v) is 4.49. The van der Waals surface area contributed by atoms with Gasteiger partial charge in [0.2, 0.25) is 0 Å². The van der Waals surface area contributed by atoms with E-state index in [0.29, 0.717) is 13.1 Å². The van der Waals surface area contributed by atoms with Gasteiger partial charge in [-0.25, -0.2) is 4.79 Å². The van der Waals surface area contributed by atoms with E-state index >= 15 is 0 Å². The first-order valence-electron chi connectivity index (χ1n) is 7.81. The zero-order chi connectivity index (χ0) is 17.0. The quantitative estimate of drug-likeness (QED) is 0.688. The maximum absolute atomic E-state index is 12.1. The number of hydrogen-bond acceptors (Lipinski definition) is 4. The minimum atomic E-state index is -0.437. The van der Waals surface area contributed by atoms with Gasteiger partial charge in [-0.1, -0.05) is 6.07 Å². The van der Waals surface area contributed by atoms with Crippen LogP contribution in [0.4, 0.5) is 4.79 Å². The van der Waals surface area contributed by atoms with Crippen LogP contribution < -0.4 is 4.74 Å². The number of benzene rings is 1. The van der Waals surface area contributed by atoms with Crippen molar-refractivity contribution >= 4 is 28.7 Å². The van der Waals surface area contributed by atoms with Crippen molar-refractivity contribution in [2.24, 2.45) is 0 Å². The molecule has 2 rings (SSSR count). The molecule has 1 heterocycles. The molecule has 0 radical (unpaired) electrons. The van der Waals surface area contributed by atoms with E-state index in [1.807, 2.05) is 26.8 Å². The minimum absolute atomic E-state index is 0.212. The predicted octanol–water partition coefficient (Wildman–Crippen LogP) is 3.35. The second kappa shape index (κ2) is 7.70. The second-order valence-corrected chi connectivity index (χ2v) is 7.87. The molecule has 0 bridgehead atoms. The lowest BCUT2D eigenvalue weighted by Gasteiger charge is -2.35. The molecule has 0 aromatic heterocycles. The van der Waals surface area contributed by atoms with Crippen molar-refractivity contribution in [3.8, 4) is 5.75 Å². The molecular weight excluding hydrogens is 407 g/mol. The van der Waals surface area contributed by atoms with Crippen LogP contribution in [0.15, 0.2) is 18.2 Å². The summed E-state index contributed by atoms with van der Waals surface area (Å²) in [6.07, 6.45) is -0.212. The fourth-order valence-electron chi connectivity index (χ4n) is 2.48. The lowest BCUT2D eigenvalue weighted by molar-refractivity contribution is 0.0139. The number of nitrogens with zero attached hydrogens (tertiary/aromatic N) is 2. The third-order valence-electron chi connectivity index (χ3n) is 3.65. The number of piperazine rings is 1. The smallest absolute Gasteiger partial charge is 0.410 e. The number of carbonyl (C=O) groups is 1. The first-order valence-corrected chi connectivity index (χ1v) is 8.89. The molecule has 6 heteroatoms. The third kappa shape index (κ3) is 5.53. The molecule has 23 heavy (non-hydrogen) atoms. The SMILES string of the molecule is COc1ccc(CN2CCN(C(=O)OC(C)(C)C)CC2)cc1I. The zero-order valence-electron chi connectivity index (χ0n) is 14.3. The Morgan fingerprint density at radius 2 is 1.87 bits per heavy atom.